The summed E-state index contributed by atoms with van der Waals surface area (Å²) in [5.74, 6) is 0.395. The van der Waals surface area contributed by atoms with E-state index in [1.807, 2.05) is 4.90 Å². The van der Waals surface area contributed by atoms with Gasteiger partial charge in [0.15, 0.2) is 0 Å². The Hall–Kier alpha value is -0.610. The fourth-order valence-electron chi connectivity index (χ4n) is 3.07. The fourth-order valence-corrected chi connectivity index (χ4v) is 3.07. The molecule has 0 aromatic rings. The van der Waals surface area contributed by atoms with Crippen LogP contribution in [0.3, 0.4) is 0 Å². The molecule has 4 atom stereocenters. The number of amides is 1. The first-order valence-electron chi connectivity index (χ1n) is 6.78. The Morgan fingerprint density at radius 2 is 2.00 bits per heavy atom. The standard InChI is InChI=1S/C13H24N2O2/c1-4-12-11(5-6-17-12)13(16)15-7-9(2)14-10(3)8-15/h9-12,14H,4-8H2,1-3H3. The molecule has 4 nitrogen and oxygen atoms in total. The van der Waals surface area contributed by atoms with Crippen molar-refractivity contribution in [1.29, 1.82) is 0 Å². The van der Waals surface area contributed by atoms with E-state index in [0.717, 1.165) is 32.5 Å². The van der Waals surface area contributed by atoms with Gasteiger partial charge in [-0.05, 0) is 26.7 Å². The smallest absolute Gasteiger partial charge is 0.228 e. The third-order valence-corrected chi connectivity index (χ3v) is 3.80. The van der Waals surface area contributed by atoms with Gasteiger partial charge in [0.05, 0.1) is 12.0 Å². The van der Waals surface area contributed by atoms with Crippen molar-refractivity contribution in [3.63, 3.8) is 0 Å². The first-order chi connectivity index (χ1) is 8.11. The second kappa shape index (κ2) is 5.36. The van der Waals surface area contributed by atoms with Crippen LogP contribution in [0.4, 0.5) is 0 Å². The molecule has 0 bridgehead atoms. The van der Waals surface area contributed by atoms with Crippen molar-refractivity contribution in [2.45, 2.75) is 51.8 Å². The van der Waals surface area contributed by atoms with E-state index in [2.05, 4.69) is 26.1 Å². The van der Waals surface area contributed by atoms with Crippen LogP contribution in [0.1, 0.15) is 33.6 Å². The molecule has 2 aliphatic heterocycles. The number of nitrogens with one attached hydrogen (secondary N) is 1. The number of nitrogens with zero attached hydrogens (tertiary/aromatic N) is 1. The lowest BCUT2D eigenvalue weighted by Gasteiger charge is -2.38. The highest BCUT2D eigenvalue weighted by atomic mass is 16.5. The maximum Gasteiger partial charge on any atom is 0.228 e. The summed E-state index contributed by atoms with van der Waals surface area (Å²) >= 11 is 0. The van der Waals surface area contributed by atoms with Crippen LogP contribution >= 0.6 is 0 Å². The molecule has 4 unspecified atom stereocenters. The molecule has 98 valence electrons. The molecule has 0 spiro atoms. The number of piperazine rings is 1. The van der Waals surface area contributed by atoms with Crippen molar-refractivity contribution in [3.05, 3.63) is 0 Å². The summed E-state index contributed by atoms with van der Waals surface area (Å²) in [6, 6.07) is 0.787. The van der Waals surface area contributed by atoms with Gasteiger partial charge in [0.25, 0.3) is 0 Å². The SMILES string of the molecule is CCC1OCCC1C(=O)N1CC(C)NC(C)C1. The van der Waals surface area contributed by atoms with E-state index in [1.165, 1.54) is 0 Å². The van der Waals surface area contributed by atoms with Crippen LogP contribution < -0.4 is 5.32 Å². The van der Waals surface area contributed by atoms with Crippen LogP contribution in [0, 0.1) is 5.92 Å². The third-order valence-electron chi connectivity index (χ3n) is 3.80. The van der Waals surface area contributed by atoms with Gasteiger partial charge in [-0.25, -0.2) is 0 Å². The fraction of sp³-hybridized carbons (Fsp3) is 0.923. The van der Waals surface area contributed by atoms with Crippen LogP contribution in [-0.2, 0) is 9.53 Å². The van der Waals surface area contributed by atoms with Gasteiger partial charge in [0, 0.05) is 31.8 Å². The van der Waals surface area contributed by atoms with E-state index in [0.29, 0.717) is 18.0 Å². The topological polar surface area (TPSA) is 41.6 Å². The summed E-state index contributed by atoms with van der Waals surface area (Å²) in [6.45, 7) is 8.77. The van der Waals surface area contributed by atoms with Crippen LogP contribution in [0.5, 0.6) is 0 Å². The Kier molecular flexibility index (Phi) is 4.05. The minimum atomic E-state index is 0.0949. The number of carbonyl (C=O) groups is 1. The van der Waals surface area contributed by atoms with Crippen LogP contribution in [0.2, 0.25) is 0 Å². The molecular weight excluding hydrogens is 216 g/mol. The number of rotatable bonds is 2. The lowest BCUT2D eigenvalue weighted by molar-refractivity contribution is -0.139. The first-order valence-corrected chi connectivity index (χ1v) is 6.78. The molecule has 2 aliphatic rings. The summed E-state index contributed by atoms with van der Waals surface area (Å²) in [5, 5.41) is 3.45. The zero-order valence-electron chi connectivity index (χ0n) is 11.1. The number of hydrogen-bond acceptors (Lipinski definition) is 3. The second-order valence-corrected chi connectivity index (χ2v) is 5.42. The van der Waals surface area contributed by atoms with Crippen molar-refractivity contribution < 1.29 is 9.53 Å². The first kappa shape index (κ1) is 12.8. The minimum absolute atomic E-state index is 0.0949. The summed E-state index contributed by atoms with van der Waals surface area (Å²) in [5.41, 5.74) is 0. The van der Waals surface area contributed by atoms with Gasteiger partial charge in [-0.15, -0.1) is 0 Å². The molecule has 2 heterocycles. The number of carbonyl (C=O) groups excluding carboxylic acids is 1. The predicted molar refractivity (Wildman–Crippen MR) is 66.8 cm³/mol. The van der Waals surface area contributed by atoms with Crippen LogP contribution in [0.25, 0.3) is 0 Å². The Labute approximate surface area is 104 Å². The lowest BCUT2D eigenvalue weighted by atomic mass is 9.97. The number of ether oxygens (including phenoxy) is 1. The van der Waals surface area contributed by atoms with Crippen molar-refractivity contribution in [2.75, 3.05) is 19.7 Å². The maximum absolute atomic E-state index is 12.5. The Bertz CT molecular complexity index is 273. The largest absolute Gasteiger partial charge is 0.377 e. The van der Waals surface area contributed by atoms with Crippen molar-refractivity contribution >= 4 is 5.91 Å². The molecule has 4 heteroatoms. The van der Waals surface area contributed by atoms with Gasteiger partial charge in [0.2, 0.25) is 5.91 Å². The van der Waals surface area contributed by atoms with Crippen molar-refractivity contribution in [2.24, 2.45) is 5.92 Å². The summed E-state index contributed by atoms with van der Waals surface area (Å²) in [4.78, 5) is 14.5. The van der Waals surface area contributed by atoms with E-state index in [1.54, 1.807) is 0 Å². The lowest BCUT2D eigenvalue weighted by Crippen LogP contribution is -2.57. The molecule has 0 aromatic heterocycles. The molecule has 1 N–H and O–H groups in total. The van der Waals surface area contributed by atoms with Gasteiger partial charge in [-0.2, -0.15) is 0 Å². The number of hydrogen-bond donors (Lipinski definition) is 1. The average molecular weight is 240 g/mol. The summed E-state index contributed by atoms with van der Waals surface area (Å²) in [6.07, 6.45) is 1.97. The molecule has 0 radical (unpaired) electrons. The third kappa shape index (κ3) is 2.80. The van der Waals surface area contributed by atoms with E-state index >= 15 is 0 Å². The Morgan fingerprint density at radius 3 is 2.59 bits per heavy atom. The van der Waals surface area contributed by atoms with Gasteiger partial charge >= 0.3 is 0 Å². The van der Waals surface area contributed by atoms with Gasteiger partial charge in [0.1, 0.15) is 0 Å². The van der Waals surface area contributed by atoms with E-state index < -0.39 is 0 Å². The monoisotopic (exact) mass is 240 g/mol. The van der Waals surface area contributed by atoms with Crippen LogP contribution in [-0.4, -0.2) is 48.7 Å². The highest BCUT2D eigenvalue weighted by Gasteiger charge is 2.37. The molecule has 1 amide bonds. The maximum atomic E-state index is 12.5. The quantitative estimate of drug-likeness (QED) is 0.783. The second-order valence-electron chi connectivity index (χ2n) is 5.42. The normalized spacial score (nSPS) is 38.4. The Morgan fingerprint density at radius 1 is 1.35 bits per heavy atom. The van der Waals surface area contributed by atoms with E-state index in [4.69, 9.17) is 4.74 Å². The van der Waals surface area contributed by atoms with Crippen molar-refractivity contribution in [1.82, 2.24) is 10.2 Å². The molecule has 2 fully saturated rings. The molecular formula is C13H24N2O2. The van der Waals surface area contributed by atoms with Gasteiger partial charge < -0.3 is 15.0 Å². The summed E-state index contributed by atoms with van der Waals surface area (Å²) < 4.78 is 5.62. The highest BCUT2D eigenvalue weighted by molar-refractivity contribution is 5.80. The van der Waals surface area contributed by atoms with E-state index in [-0.39, 0.29) is 12.0 Å². The molecule has 2 rings (SSSR count). The molecule has 17 heavy (non-hydrogen) atoms. The predicted octanol–water partition coefficient (Wildman–Crippen LogP) is 1.01. The van der Waals surface area contributed by atoms with Crippen LogP contribution in [0.15, 0.2) is 0 Å². The minimum Gasteiger partial charge on any atom is -0.377 e. The average Bonchev–Trinajstić information content (AvgIpc) is 2.74. The molecule has 0 aromatic carbocycles. The van der Waals surface area contributed by atoms with Gasteiger partial charge in [-0.1, -0.05) is 6.92 Å². The highest BCUT2D eigenvalue weighted by Crippen LogP contribution is 2.26. The molecule has 0 saturated carbocycles. The summed E-state index contributed by atoms with van der Waals surface area (Å²) in [7, 11) is 0. The Balaban J connectivity index is 1.99. The van der Waals surface area contributed by atoms with Gasteiger partial charge in [-0.3, -0.25) is 4.79 Å². The zero-order valence-corrected chi connectivity index (χ0v) is 11.1. The molecule has 0 aliphatic carbocycles. The molecule has 2 saturated heterocycles. The zero-order chi connectivity index (χ0) is 12.4. The van der Waals surface area contributed by atoms with Crippen molar-refractivity contribution in [3.8, 4) is 0 Å². The van der Waals surface area contributed by atoms with E-state index in [9.17, 15) is 4.79 Å².